The second-order valence-corrected chi connectivity index (χ2v) is 2.50. The van der Waals surface area contributed by atoms with E-state index in [1.807, 2.05) is 0 Å². The second-order valence-electron chi connectivity index (χ2n) is 2.50. The van der Waals surface area contributed by atoms with E-state index in [0.29, 0.717) is 0 Å². The zero-order valence-corrected chi connectivity index (χ0v) is 7.84. The second kappa shape index (κ2) is 9.49. The van der Waals surface area contributed by atoms with Crippen molar-refractivity contribution in [2.75, 3.05) is 6.61 Å². The summed E-state index contributed by atoms with van der Waals surface area (Å²) in [6.07, 6.45) is -6.84. The van der Waals surface area contributed by atoms with E-state index in [4.69, 9.17) is 30.7 Å². The first-order chi connectivity index (χ1) is 6.95. The van der Waals surface area contributed by atoms with Crippen LogP contribution in [0.15, 0.2) is 5.16 Å². The molecule has 0 radical (unpaired) electrons. The number of aliphatic hydroxyl groups is 5. The van der Waals surface area contributed by atoms with Gasteiger partial charge in [0.2, 0.25) is 0 Å². The Bertz CT molecular complexity index is 177. The Morgan fingerprint density at radius 2 is 1.60 bits per heavy atom. The molecule has 8 heteroatoms. The third-order valence-corrected chi connectivity index (χ3v) is 1.42. The molecule has 0 aromatic heterocycles. The van der Waals surface area contributed by atoms with Crippen LogP contribution in [-0.2, 0) is 4.79 Å². The van der Waals surface area contributed by atoms with Crippen molar-refractivity contribution in [2.24, 2.45) is 5.16 Å². The minimum absolute atomic E-state index is 0.0258. The summed E-state index contributed by atoms with van der Waals surface area (Å²) in [5.74, 6) is 0. The van der Waals surface area contributed by atoms with Crippen LogP contribution in [0.2, 0.25) is 0 Å². The molecule has 0 fully saturated rings. The Hall–Kier alpha value is -1.06. The third-order valence-electron chi connectivity index (χ3n) is 1.42. The molecule has 0 spiro atoms. The summed E-state index contributed by atoms with van der Waals surface area (Å²) < 4.78 is 0. The van der Waals surface area contributed by atoms with Crippen LogP contribution in [-0.4, -0.2) is 74.8 Å². The van der Waals surface area contributed by atoms with E-state index in [1.165, 1.54) is 0 Å². The van der Waals surface area contributed by atoms with Crippen molar-refractivity contribution in [3.63, 3.8) is 0 Å². The first-order valence-corrected chi connectivity index (χ1v) is 3.84. The summed E-state index contributed by atoms with van der Waals surface area (Å²) in [6.45, 7) is 1.91. The quantitative estimate of drug-likeness (QED) is 0.124. The van der Waals surface area contributed by atoms with Crippen LogP contribution in [0.1, 0.15) is 0 Å². The number of carbonyl (C=O) groups is 1. The molecule has 0 unspecified atom stereocenters. The highest BCUT2D eigenvalue weighted by Crippen LogP contribution is 2.02. The van der Waals surface area contributed by atoms with Crippen LogP contribution in [0.4, 0.5) is 0 Å². The van der Waals surface area contributed by atoms with Crippen LogP contribution in [0.5, 0.6) is 0 Å². The monoisotopic (exact) mass is 225 g/mol. The topological polar surface area (TPSA) is 151 Å². The fourth-order valence-corrected chi connectivity index (χ4v) is 0.618. The number of aldehydes is 1. The molecule has 0 bridgehead atoms. The maximum atomic E-state index is 9.90. The van der Waals surface area contributed by atoms with E-state index in [0.717, 1.165) is 0 Å². The number of nitrogens with zero attached hydrogens (tertiary/aromatic N) is 1. The van der Waals surface area contributed by atoms with Gasteiger partial charge in [-0.1, -0.05) is 0 Å². The maximum absolute atomic E-state index is 9.90. The molecule has 0 aromatic rings. The summed E-state index contributed by atoms with van der Waals surface area (Å²) in [6, 6.07) is 0. The predicted octanol–water partition coefficient (Wildman–Crippen LogP) is -3.30. The third kappa shape index (κ3) is 6.94. The van der Waals surface area contributed by atoms with E-state index in [1.54, 1.807) is 0 Å². The first-order valence-electron chi connectivity index (χ1n) is 3.84. The van der Waals surface area contributed by atoms with Crippen molar-refractivity contribution >= 4 is 13.0 Å². The van der Waals surface area contributed by atoms with Crippen molar-refractivity contribution < 1.29 is 35.5 Å². The highest BCUT2D eigenvalue weighted by atomic mass is 16.4. The van der Waals surface area contributed by atoms with Gasteiger partial charge in [0.05, 0.1) is 6.61 Å². The van der Waals surface area contributed by atoms with Crippen molar-refractivity contribution in [3.8, 4) is 0 Å². The molecule has 6 N–H and O–H groups in total. The minimum Gasteiger partial charge on any atom is -0.411 e. The Morgan fingerprint density at radius 3 is 1.87 bits per heavy atom. The molecule has 0 aliphatic carbocycles. The zero-order chi connectivity index (χ0) is 12.4. The van der Waals surface area contributed by atoms with Crippen LogP contribution in [0, 0.1) is 0 Å². The van der Waals surface area contributed by atoms with E-state index in [9.17, 15) is 4.79 Å². The highest BCUT2D eigenvalue weighted by Gasteiger charge is 2.29. The van der Waals surface area contributed by atoms with Gasteiger partial charge in [0, 0.05) is 6.72 Å². The summed E-state index contributed by atoms with van der Waals surface area (Å²) in [5, 5.41) is 52.9. The average Bonchev–Trinajstić information content (AvgIpc) is 2.25. The normalized spacial score (nSPS) is 17.7. The van der Waals surface area contributed by atoms with Gasteiger partial charge in [-0.25, -0.2) is 0 Å². The standard InChI is InChI=1S/C6H12O6.CH3NO/c7-1-3(9)5(11)6(12)4(10)2-8;1-2-3/h1,3-6,8-12H,2H2;3H,1H2/t3-,4-,5-,6-;/m1./s1. The lowest BCUT2D eigenvalue weighted by atomic mass is 10.0. The van der Waals surface area contributed by atoms with Gasteiger partial charge in [-0.15, -0.1) is 5.16 Å². The number of oxime groups is 1. The summed E-state index contributed by atoms with van der Waals surface area (Å²) in [7, 11) is 0. The average molecular weight is 225 g/mol. The summed E-state index contributed by atoms with van der Waals surface area (Å²) >= 11 is 0. The highest BCUT2D eigenvalue weighted by molar-refractivity contribution is 5.56. The van der Waals surface area contributed by atoms with Gasteiger partial charge in [-0.05, 0) is 0 Å². The van der Waals surface area contributed by atoms with Gasteiger partial charge in [0.1, 0.15) is 24.4 Å². The lowest BCUT2D eigenvalue weighted by molar-refractivity contribution is -0.136. The van der Waals surface area contributed by atoms with Gasteiger partial charge < -0.3 is 35.5 Å². The molecule has 0 aliphatic rings. The first kappa shape index (κ1) is 16.4. The number of aliphatic hydroxyl groups excluding tert-OH is 5. The Kier molecular flexibility index (Phi) is 10.4. The molecule has 0 saturated carbocycles. The lowest BCUT2D eigenvalue weighted by Crippen LogP contribution is -2.46. The van der Waals surface area contributed by atoms with Gasteiger partial charge >= 0.3 is 0 Å². The zero-order valence-electron chi connectivity index (χ0n) is 7.84. The molecule has 0 rings (SSSR count). The van der Waals surface area contributed by atoms with Crippen LogP contribution in [0.3, 0.4) is 0 Å². The molecule has 8 nitrogen and oxygen atoms in total. The molecule has 90 valence electrons. The Labute approximate surface area is 85.7 Å². The molecule has 0 aromatic carbocycles. The fourth-order valence-electron chi connectivity index (χ4n) is 0.618. The van der Waals surface area contributed by atoms with E-state index in [-0.39, 0.29) is 6.29 Å². The molecule has 0 heterocycles. The van der Waals surface area contributed by atoms with Crippen LogP contribution < -0.4 is 0 Å². The van der Waals surface area contributed by atoms with Gasteiger partial charge in [0.15, 0.2) is 6.29 Å². The molecule has 0 aliphatic heterocycles. The number of hydrogen-bond donors (Lipinski definition) is 6. The molecule has 0 amide bonds. The van der Waals surface area contributed by atoms with E-state index >= 15 is 0 Å². The van der Waals surface area contributed by atoms with Crippen molar-refractivity contribution in [1.29, 1.82) is 0 Å². The number of carbonyl (C=O) groups excluding carboxylic acids is 1. The molecule has 15 heavy (non-hydrogen) atoms. The van der Waals surface area contributed by atoms with Crippen molar-refractivity contribution in [2.45, 2.75) is 24.4 Å². The van der Waals surface area contributed by atoms with Crippen LogP contribution in [0.25, 0.3) is 0 Å². The molecule has 4 atom stereocenters. The molecular weight excluding hydrogens is 210 g/mol. The summed E-state index contributed by atoms with van der Waals surface area (Å²) in [5.41, 5.74) is 0. The minimum atomic E-state index is -1.79. The maximum Gasteiger partial charge on any atom is 0.151 e. The molecule has 0 saturated heterocycles. The summed E-state index contributed by atoms with van der Waals surface area (Å²) in [4.78, 5) is 9.90. The number of rotatable bonds is 5. The van der Waals surface area contributed by atoms with Gasteiger partial charge in [-0.3, -0.25) is 0 Å². The smallest absolute Gasteiger partial charge is 0.151 e. The largest absolute Gasteiger partial charge is 0.411 e. The fraction of sp³-hybridized carbons (Fsp3) is 0.714. The van der Waals surface area contributed by atoms with Gasteiger partial charge in [0.25, 0.3) is 0 Å². The van der Waals surface area contributed by atoms with Crippen molar-refractivity contribution in [3.05, 3.63) is 0 Å². The SMILES string of the molecule is C=NO.O=C[C@@H](O)[C@@H](O)[C@H](O)[C@H](O)CO. The Morgan fingerprint density at radius 1 is 1.20 bits per heavy atom. The predicted molar refractivity (Wildman–Crippen MR) is 48.5 cm³/mol. The van der Waals surface area contributed by atoms with Crippen molar-refractivity contribution in [1.82, 2.24) is 0 Å². The lowest BCUT2D eigenvalue weighted by Gasteiger charge is -2.22. The van der Waals surface area contributed by atoms with E-state index in [2.05, 4.69) is 11.9 Å². The van der Waals surface area contributed by atoms with Crippen LogP contribution >= 0.6 is 0 Å². The van der Waals surface area contributed by atoms with Gasteiger partial charge in [-0.2, -0.15) is 0 Å². The number of hydrogen-bond acceptors (Lipinski definition) is 8. The van der Waals surface area contributed by atoms with E-state index < -0.39 is 31.0 Å². The Balaban J connectivity index is 0. The molecular formula is C7H15NO7.